The molecule has 9 nitrogen and oxygen atoms in total. The van der Waals surface area contributed by atoms with Crippen LogP contribution in [0.5, 0.6) is 17.2 Å². The predicted molar refractivity (Wildman–Crippen MR) is 89.1 cm³/mol. The van der Waals surface area contributed by atoms with E-state index in [1.807, 2.05) is 6.07 Å². The highest BCUT2D eigenvalue weighted by Gasteiger charge is 2.16. The highest BCUT2D eigenvalue weighted by Crippen LogP contribution is 2.36. The van der Waals surface area contributed by atoms with Crippen LogP contribution >= 0.6 is 0 Å². The van der Waals surface area contributed by atoms with Gasteiger partial charge in [-0.25, -0.2) is 0 Å². The van der Waals surface area contributed by atoms with Crippen molar-refractivity contribution in [3.63, 3.8) is 0 Å². The van der Waals surface area contributed by atoms with Gasteiger partial charge >= 0.3 is 5.97 Å². The second-order valence-electron chi connectivity index (χ2n) is 4.83. The van der Waals surface area contributed by atoms with Crippen LogP contribution in [-0.2, 0) is 23.7 Å². The van der Waals surface area contributed by atoms with Crippen LogP contribution in [0.25, 0.3) is 0 Å². The van der Waals surface area contributed by atoms with Crippen LogP contribution in [0, 0.1) is 11.3 Å². The Morgan fingerprint density at radius 2 is 1.62 bits per heavy atom. The lowest BCUT2D eigenvalue weighted by Crippen LogP contribution is -2.12. The van der Waals surface area contributed by atoms with Crippen LogP contribution in [0.4, 0.5) is 0 Å². The van der Waals surface area contributed by atoms with Crippen molar-refractivity contribution in [1.29, 1.82) is 5.26 Å². The fourth-order valence-corrected chi connectivity index (χ4v) is 1.75. The molecular formula is C17H23NO8. The quantitative estimate of drug-likeness (QED) is 0.221. The van der Waals surface area contributed by atoms with Crippen molar-refractivity contribution in [3.8, 4) is 23.3 Å². The first kappa shape index (κ1) is 21.7. The highest BCUT2D eigenvalue weighted by atomic mass is 16.7. The molecule has 9 heteroatoms. The summed E-state index contributed by atoms with van der Waals surface area (Å²) >= 11 is 0. The minimum absolute atomic E-state index is 0.0986. The van der Waals surface area contributed by atoms with E-state index in [1.165, 1.54) is 19.1 Å². The number of carbonyl (C=O) groups is 1. The Balaban J connectivity index is 2.86. The van der Waals surface area contributed by atoms with Gasteiger partial charge in [-0.3, -0.25) is 4.79 Å². The number of carbonyl (C=O) groups excluding carboxylic acids is 1. The van der Waals surface area contributed by atoms with Gasteiger partial charge < -0.3 is 33.2 Å². The van der Waals surface area contributed by atoms with E-state index in [9.17, 15) is 10.1 Å². The molecule has 0 spiro atoms. The molecule has 0 aliphatic carbocycles. The third-order valence-electron chi connectivity index (χ3n) is 2.86. The average molecular weight is 369 g/mol. The number of ether oxygens (including phenoxy) is 7. The molecule has 0 saturated carbocycles. The van der Waals surface area contributed by atoms with Gasteiger partial charge in [-0.1, -0.05) is 0 Å². The molecule has 1 aromatic rings. The third-order valence-corrected chi connectivity index (χ3v) is 2.86. The van der Waals surface area contributed by atoms with Crippen molar-refractivity contribution >= 4 is 5.97 Å². The van der Waals surface area contributed by atoms with Gasteiger partial charge in [0.25, 0.3) is 0 Å². The average Bonchev–Trinajstić information content (AvgIpc) is 2.61. The third kappa shape index (κ3) is 8.13. The molecule has 0 N–H and O–H groups in total. The van der Waals surface area contributed by atoms with Crippen LogP contribution < -0.4 is 14.2 Å². The molecule has 0 heterocycles. The standard InChI is InChI=1S/C17H23NO8/c1-13(19)26-15-8-14(10-18)17(25-12-23-7-5-21-3)16(9-15)24-11-22-6-4-20-2/h8-9H,4-7,11-12H2,1-3H3. The first-order valence-electron chi connectivity index (χ1n) is 7.77. The maximum absolute atomic E-state index is 11.2. The molecule has 0 saturated heterocycles. The summed E-state index contributed by atoms with van der Waals surface area (Å²) in [6.07, 6.45) is 0. The Kier molecular flexibility index (Phi) is 10.8. The molecule has 0 atom stereocenters. The number of hydrogen-bond acceptors (Lipinski definition) is 9. The Bertz CT molecular complexity index is 599. The molecule has 0 aromatic heterocycles. The minimum atomic E-state index is -0.521. The van der Waals surface area contributed by atoms with Crippen molar-refractivity contribution in [1.82, 2.24) is 0 Å². The Morgan fingerprint density at radius 1 is 1.00 bits per heavy atom. The van der Waals surface area contributed by atoms with E-state index in [0.717, 1.165) is 0 Å². The van der Waals surface area contributed by atoms with E-state index in [2.05, 4.69) is 0 Å². The van der Waals surface area contributed by atoms with E-state index in [1.54, 1.807) is 14.2 Å². The maximum atomic E-state index is 11.2. The number of hydrogen-bond donors (Lipinski definition) is 0. The van der Waals surface area contributed by atoms with Crippen LogP contribution in [0.3, 0.4) is 0 Å². The Hall–Kier alpha value is -2.38. The van der Waals surface area contributed by atoms with E-state index in [-0.39, 0.29) is 36.4 Å². The Morgan fingerprint density at radius 3 is 2.15 bits per heavy atom. The van der Waals surface area contributed by atoms with Crippen molar-refractivity contribution in [2.45, 2.75) is 6.92 Å². The van der Waals surface area contributed by atoms with Gasteiger partial charge in [-0.2, -0.15) is 5.26 Å². The predicted octanol–water partition coefficient (Wildman–Crippen LogP) is 1.48. The zero-order valence-electron chi connectivity index (χ0n) is 15.1. The summed E-state index contributed by atoms with van der Waals surface area (Å²) < 4.78 is 36.2. The van der Waals surface area contributed by atoms with Crippen molar-refractivity contribution in [3.05, 3.63) is 17.7 Å². The van der Waals surface area contributed by atoms with Crippen LogP contribution in [0.1, 0.15) is 12.5 Å². The van der Waals surface area contributed by atoms with Gasteiger partial charge in [0.1, 0.15) is 17.4 Å². The summed E-state index contributed by atoms with van der Waals surface area (Å²) in [5.41, 5.74) is 0.131. The van der Waals surface area contributed by atoms with Gasteiger partial charge in [0.15, 0.2) is 25.1 Å². The largest absolute Gasteiger partial charge is 0.463 e. The molecule has 1 aromatic carbocycles. The molecule has 0 fully saturated rings. The molecule has 0 amide bonds. The fraction of sp³-hybridized carbons (Fsp3) is 0.529. The molecular weight excluding hydrogens is 346 g/mol. The number of nitriles is 1. The number of esters is 1. The number of benzene rings is 1. The van der Waals surface area contributed by atoms with Crippen molar-refractivity contribution < 1.29 is 38.0 Å². The van der Waals surface area contributed by atoms with E-state index in [4.69, 9.17) is 33.2 Å². The topological polar surface area (TPSA) is 105 Å². The van der Waals surface area contributed by atoms with Gasteiger partial charge in [0.2, 0.25) is 0 Å². The lowest BCUT2D eigenvalue weighted by atomic mass is 10.2. The summed E-state index contributed by atoms with van der Waals surface area (Å²) in [6, 6.07) is 4.79. The minimum Gasteiger partial charge on any atom is -0.463 e. The highest BCUT2D eigenvalue weighted by molar-refractivity contribution is 5.70. The summed E-state index contributed by atoms with van der Waals surface area (Å²) in [7, 11) is 3.11. The van der Waals surface area contributed by atoms with E-state index in [0.29, 0.717) is 26.4 Å². The van der Waals surface area contributed by atoms with Crippen LogP contribution in [-0.4, -0.2) is 60.2 Å². The monoisotopic (exact) mass is 369 g/mol. The number of methoxy groups -OCH3 is 2. The number of nitrogens with zero attached hydrogens (tertiary/aromatic N) is 1. The zero-order valence-corrected chi connectivity index (χ0v) is 15.1. The molecule has 0 aliphatic rings. The molecule has 0 unspecified atom stereocenters. The molecule has 0 bridgehead atoms. The lowest BCUT2D eigenvalue weighted by molar-refractivity contribution is -0.131. The van der Waals surface area contributed by atoms with Gasteiger partial charge in [-0.15, -0.1) is 0 Å². The molecule has 26 heavy (non-hydrogen) atoms. The normalized spacial score (nSPS) is 10.2. The molecule has 1 rings (SSSR count). The maximum Gasteiger partial charge on any atom is 0.308 e. The lowest BCUT2D eigenvalue weighted by Gasteiger charge is -2.15. The smallest absolute Gasteiger partial charge is 0.308 e. The molecule has 0 aliphatic heterocycles. The molecule has 0 radical (unpaired) electrons. The van der Waals surface area contributed by atoms with Crippen LogP contribution in [0.2, 0.25) is 0 Å². The first-order valence-corrected chi connectivity index (χ1v) is 7.77. The van der Waals surface area contributed by atoms with Gasteiger partial charge in [-0.05, 0) is 0 Å². The van der Waals surface area contributed by atoms with Crippen molar-refractivity contribution in [2.75, 3.05) is 54.2 Å². The fourth-order valence-electron chi connectivity index (χ4n) is 1.75. The summed E-state index contributed by atoms with van der Waals surface area (Å²) in [5.74, 6) is -0.00874. The van der Waals surface area contributed by atoms with E-state index >= 15 is 0 Å². The second-order valence-corrected chi connectivity index (χ2v) is 4.83. The molecule has 144 valence electrons. The van der Waals surface area contributed by atoms with E-state index < -0.39 is 5.97 Å². The SMILES string of the molecule is COCCOCOc1cc(OC(C)=O)cc(C#N)c1OCOCCOC. The van der Waals surface area contributed by atoms with Gasteiger partial charge in [0.05, 0.1) is 26.4 Å². The summed E-state index contributed by atoms with van der Waals surface area (Å²) in [4.78, 5) is 11.2. The van der Waals surface area contributed by atoms with Crippen LogP contribution in [0.15, 0.2) is 12.1 Å². The number of rotatable bonds is 13. The second kappa shape index (κ2) is 12.9. The first-order chi connectivity index (χ1) is 12.6. The zero-order chi connectivity index (χ0) is 19.2. The van der Waals surface area contributed by atoms with Gasteiger partial charge in [0, 0.05) is 33.3 Å². The summed E-state index contributed by atoms with van der Waals surface area (Å²) in [6.45, 7) is 2.55. The summed E-state index contributed by atoms with van der Waals surface area (Å²) in [5, 5.41) is 9.35. The Labute approximate surface area is 152 Å². The van der Waals surface area contributed by atoms with Crippen molar-refractivity contribution in [2.24, 2.45) is 0 Å².